The second-order valence-electron chi connectivity index (χ2n) is 1.86. The molecule has 1 rings (SSSR count). The lowest BCUT2D eigenvalue weighted by Crippen LogP contribution is -2.02. The maximum Gasteiger partial charge on any atom is -0.0274 e. The molecule has 0 saturated carbocycles. The van der Waals surface area contributed by atoms with Crippen LogP contribution in [-0.4, -0.2) is 0 Å². The lowest BCUT2D eigenvalue weighted by molar-refractivity contribution is 1.26. The average Bonchev–Trinajstić information content (AvgIpc) is 2.00. The Hall–Kier alpha value is -0.430. The van der Waals surface area contributed by atoms with Gasteiger partial charge < -0.3 is 0 Å². The molecule has 0 aliphatic rings. The summed E-state index contributed by atoms with van der Waals surface area (Å²) in [5.41, 5.74) is 1.33. The number of rotatable bonds is 0. The molecule has 0 heterocycles. The molecule has 0 amide bonds. The van der Waals surface area contributed by atoms with Crippen molar-refractivity contribution in [2.24, 2.45) is 11.7 Å². The molecular formula is C7H13N2P. The first-order valence-electron chi connectivity index (χ1n) is 2.95. The highest BCUT2D eigenvalue weighted by atomic mass is 31.0. The van der Waals surface area contributed by atoms with E-state index in [1.165, 1.54) is 10.9 Å². The number of aryl methyl sites for hydroxylation is 1. The SMILES string of the molecule is Cc1ccccc1P.NN. The van der Waals surface area contributed by atoms with Gasteiger partial charge in [-0.05, 0) is 17.8 Å². The summed E-state index contributed by atoms with van der Waals surface area (Å²) in [5, 5.41) is 1.28. The average molecular weight is 156 g/mol. The normalized spacial score (nSPS) is 8.00. The molecule has 3 heteroatoms. The molecule has 0 radical (unpaired) electrons. The third kappa shape index (κ3) is 2.92. The summed E-state index contributed by atoms with van der Waals surface area (Å²) >= 11 is 0. The minimum absolute atomic E-state index is 1.28. The molecule has 10 heavy (non-hydrogen) atoms. The van der Waals surface area contributed by atoms with E-state index < -0.39 is 0 Å². The third-order valence-corrected chi connectivity index (χ3v) is 1.84. The van der Waals surface area contributed by atoms with Gasteiger partial charge in [-0.15, -0.1) is 9.24 Å². The standard InChI is InChI=1S/C7H9P.H4N2/c1-6-4-2-3-5-7(6)8;1-2/h2-5H,8H2,1H3;1-2H2. The smallest absolute Gasteiger partial charge is 0.0274 e. The highest BCUT2D eigenvalue weighted by Crippen LogP contribution is 1.96. The Balaban J connectivity index is 0.000000371. The Kier molecular flexibility index (Phi) is 5.13. The van der Waals surface area contributed by atoms with Crippen LogP contribution in [0.15, 0.2) is 24.3 Å². The van der Waals surface area contributed by atoms with E-state index in [1.807, 2.05) is 12.1 Å². The van der Waals surface area contributed by atoms with E-state index >= 15 is 0 Å². The van der Waals surface area contributed by atoms with Gasteiger partial charge in [0.05, 0.1) is 0 Å². The third-order valence-electron chi connectivity index (χ3n) is 1.19. The van der Waals surface area contributed by atoms with Gasteiger partial charge in [0, 0.05) is 0 Å². The predicted octanol–water partition coefficient (Wildman–Crippen LogP) is 0.314. The minimum atomic E-state index is 1.28. The Morgan fingerprint density at radius 3 is 2.00 bits per heavy atom. The summed E-state index contributed by atoms with van der Waals surface area (Å²) in [6.45, 7) is 2.10. The summed E-state index contributed by atoms with van der Waals surface area (Å²) in [5.74, 6) is 8.00. The number of hydrazine groups is 1. The monoisotopic (exact) mass is 156 g/mol. The van der Waals surface area contributed by atoms with Crippen LogP contribution in [-0.2, 0) is 0 Å². The van der Waals surface area contributed by atoms with E-state index in [9.17, 15) is 0 Å². The quantitative estimate of drug-likeness (QED) is 0.323. The summed E-state index contributed by atoms with van der Waals surface area (Å²) in [6.07, 6.45) is 0. The van der Waals surface area contributed by atoms with Crippen LogP contribution in [0.5, 0.6) is 0 Å². The highest BCUT2D eigenvalue weighted by molar-refractivity contribution is 7.27. The van der Waals surface area contributed by atoms with Crippen molar-refractivity contribution < 1.29 is 0 Å². The number of nitrogens with two attached hydrogens (primary N) is 2. The summed E-state index contributed by atoms with van der Waals surface area (Å²) in [7, 11) is 2.69. The van der Waals surface area contributed by atoms with E-state index in [2.05, 4.69) is 40.0 Å². The maximum absolute atomic E-state index is 4.00. The van der Waals surface area contributed by atoms with Crippen molar-refractivity contribution in [1.82, 2.24) is 0 Å². The number of benzene rings is 1. The Labute approximate surface area is 63.8 Å². The van der Waals surface area contributed by atoms with Gasteiger partial charge >= 0.3 is 0 Å². The summed E-state index contributed by atoms with van der Waals surface area (Å²) in [4.78, 5) is 0. The lowest BCUT2D eigenvalue weighted by atomic mass is 10.2. The Morgan fingerprint density at radius 1 is 1.20 bits per heavy atom. The van der Waals surface area contributed by atoms with Gasteiger partial charge in [-0.25, -0.2) is 0 Å². The van der Waals surface area contributed by atoms with Crippen molar-refractivity contribution in [3.63, 3.8) is 0 Å². The maximum atomic E-state index is 4.00. The zero-order valence-corrected chi connectivity index (χ0v) is 7.20. The molecule has 4 N–H and O–H groups in total. The molecule has 56 valence electrons. The topological polar surface area (TPSA) is 52.0 Å². The largest absolute Gasteiger partial charge is 0.274 e. The molecule has 0 saturated heterocycles. The molecule has 0 spiro atoms. The van der Waals surface area contributed by atoms with E-state index in [0.29, 0.717) is 0 Å². The van der Waals surface area contributed by atoms with Crippen LogP contribution in [0.4, 0.5) is 0 Å². The molecule has 1 unspecified atom stereocenters. The molecule has 2 nitrogen and oxygen atoms in total. The highest BCUT2D eigenvalue weighted by Gasteiger charge is 1.84. The van der Waals surface area contributed by atoms with Crippen LogP contribution in [0, 0.1) is 6.92 Å². The molecule has 0 aromatic heterocycles. The van der Waals surface area contributed by atoms with Gasteiger partial charge in [-0.2, -0.15) is 0 Å². The number of hydrogen-bond donors (Lipinski definition) is 2. The van der Waals surface area contributed by atoms with Gasteiger partial charge in [-0.3, -0.25) is 11.7 Å². The van der Waals surface area contributed by atoms with Crippen LogP contribution < -0.4 is 17.0 Å². The van der Waals surface area contributed by atoms with Gasteiger partial charge in [0.2, 0.25) is 0 Å². The summed E-state index contributed by atoms with van der Waals surface area (Å²) < 4.78 is 0. The van der Waals surface area contributed by atoms with E-state index in [4.69, 9.17) is 0 Å². The van der Waals surface area contributed by atoms with Crippen molar-refractivity contribution in [3.8, 4) is 0 Å². The molecule has 0 aliphatic carbocycles. The second kappa shape index (κ2) is 5.36. The van der Waals surface area contributed by atoms with Crippen LogP contribution in [0.25, 0.3) is 0 Å². The van der Waals surface area contributed by atoms with E-state index in [1.54, 1.807) is 0 Å². The van der Waals surface area contributed by atoms with Crippen molar-refractivity contribution in [2.45, 2.75) is 6.92 Å². The van der Waals surface area contributed by atoms with Gasteiger partial charge in [0.1, 0.15) is 0 Å². The van der Waals surface area contributed by atoms with Crippen LogP contribution in [0.3, 0.4) is 0 Å². The molecule has 1 aromatic rings. The number of hydrogen-bond acceptors (Lipinski definition) is 2. The van der Waals surface area contributed by atoms with Crippen molar-refractivity contribution in [2.75, 3.05) is 0 Å². The molecule has 0 aliphatic heterocycles. The van der Waals surface area contributed by atoms with Crippen LogP contribution in [0.1, 0.15) is 5.56 Å². The second-order valence-corrected chi connectivity index (χ2v) is 2.48. The lowest BCUT2D eigenvalue weighted by Gasteiger charge is -1.93. The van der Waals surface area contributed by atoms with Gasteiger partial charge in [0.25, 0.3) is 0 Å². The molecule has 1 aromatic carbocycles. The van der Waals surface area contributed by atoms with Crippen LogP contribution in [0.2, 0.25) is 0 Å². The first kappa shape index (κ1) is 9.57. The summed E-state index contributed by atoms with van der Waals surface area (Å²) in [6, 6.07) is 8.26. The predicted molar refractivity (Wildman–Crippen MR) is 48.9 cm³/mol. The van der Waals surface area contributed by atoms with E-state index in [0.717, 1.165) is 0 Å². The first-order chi connectivity index (χ1) is 4.80. The fourth-order valence-corrected chi connectivity index (χ4v) is 0.794. The fourth-order valence-electron chi connectivity index (χ4n) is 0.587. The zero-order chi connectivity index (χ0) is 7.98. The molecular weight excluding hydrogens is 143 g/mol. The fraction of sp³-hybridized carbons (Fsp3) is 0.143. The molecule has 0 fully saturated rings. The van der Waals surface area contributed by atoms with Crippen LogP contribution >= 0.6 is 9.24 Å². The van der Waals surface area contributed by atoms with Crippen molar-refractivity contribution >= 4 is 14.5 Å². The zero-order valence-electron chi connectivity index (χ0n) is 6.04. The van der Waals surface area contributed by atoms with Crippen molar-refractivity contribution in [3.05, 3.63) is 29.8 Å². The van der Waals surface area contributed by atoms with Gasteiger partial charge in [0.15, 0.2) is 0 Å². The van der Waals surface area contributed by atoms with E-state index in [-0.39, 0.29) is 0 Å². The molecule has 0 bridgehead atoms. The minimum Gasteiger partial charge on any atom is -0.274 e. The van der Waals surface area contributed by atoms with Crippen molar-refractivity contribution in [1.29, 1.82) is 0 Å². The van der Waals surface area contributed by atoms with Gasteiger partial charge in [-0.1, -0.05) is 24.3 Å². The Morgan fingerprint density at radius 2 is 1.70 bits per heavy atom. The Bertz CT molecular complexity index is 168. The molecule has 1 atom stereocenters. The first-order valence-corrected chi connectivity index (χ1v) is 3.53.